The summed E-state index contributed by atoms with van der Waals surface area (Å²) < 4.78 is 13.6. The van der Waals surface area contributed by atoms with Crippen LogP contribution < -0.4 is 11.1 Å². The summed E-state index contributed by atoms with van der Waals surface area (Å²) in [5.74, 6) is -0.927. The van der Waals surface area contributed by atoms with E-state index in [1.807, 2.05) is 26.8 Å². The fourth-order valence-corrected chi connectivity index (χ4v) is 1.48. The zero-order chi connectivity index (χ0) is 14.8. The van der Waals surface area contributed by atoms with Gasteiger partial charge in [0.2, 0.25) is 5.91 Å². The number of nitrogens with one attached hydrogen (secondary N) is 1. The molecule has 0 aliphatic heterocycles. The van der Waals surface area contributed by atoms with Gasteiger partial charge >= 0.3 is 0 Å². The highest BCUT2D eigenvalue weighted by molar-refractivity contribution is 5.96. The Balaban J connectivity index is 3.04. The van der Waals surface area contributed by atoms with E-state index >= 15 is 0 Å². The predicted octanol–water partition coefficient (Wildman–Crippen LogP) is 2.32. The first-order valence-electron chi connectivity index (χ1n) is 5.93. The van der Waals surface area contributed by atoms with E-state index in [2.05, 4.69) is 5.32 Å². The molecule has 1 amide bonds. The van der Waals surface area contributed by atoms with E-state index in [9.17, 15) is 9.18 Å². The smallest absolute Gasteiger partial charge is 0.241 e. The molecule has 5 heteroatoms. The lowest BCUT2D eigenvalue weighted by Gasteiger charge is -2.26. The highest BCUT2D eigenvalue weighted by Gasteiger charge is 2.27. The maximum atomic E-state index is 13.6. The number of nitrogens with two attached hydrogens (primary N) is 1. The third kappa shape index (κ3) is 3.52. The first-order valence-corrected chi connectivity index (χ1v) is 5.93. The summed E-state index contributed by atoms with van der Waals surface area (Å²) in [5.41, 5.74) is 6.15. The molecule has 4 nitrogen and oxygen atoms in total. The molecule has 0 radical (unpaired) electrons. The Morgan fingerprint density at radius 1 is 1.47 bits per heavy atom. The summed E-state index contributed by atoms with van der Waals surface area (Å²) in [5, 5.41) is 11.4. The predicted molar refractivity (Wildman–Crippen MR) is 71.9 cm³/mol. The molecule has 0 saturated carbocycles. The molecule has 3 N–H and O–H groups in total. The van der Waals surface area contributed by atoms with Gasteiger partial charge in [-0.25, -0.2) is 4.39 Å². The molecule has 0 aliphatic rings. The minimum absolute atomic E-state index is 0.155. The lowest BCUT2D eigenvalue weighted by Crippen LogP contribution is -2.45. The van der Waals surface area contributed by atoms with Gasteiger partial charge in [-0.15, -0.1) is 0 Å². The zero-order valence-electron chi connectivity index (χ0n) is 11.5. The number of rotatable bonds is 2. The van der Waals surface area contributed by atoms with Crippen molar-refractivity contribution in [3.63, 3.8) is 0 Å². The summed E-state index contributed by atoms with van der Waals surface area (Å²) in [7, 11) is 0. The van der Waals surface area contributed by atoms with Crippen molar-refractivity contribution in [2.24, 2.45) is 11.1 Å². The quantitative estimate of drug-likeness (QED) is 0.859. The first-order chi connectivity index (χ1) is 8.66. The van der Waals surface area contributed by atoms with E-state index in [1.165, 1.54) is 13.0 Å². The van der Waals surface area contributed by atoms with Gasteiger partial charge in [0.1, 0.15) is 5.82 Å². The van der Waals surface area contributed by atoms with Crippen LogP contribution in [0.3, 0.4) is 0 Å². The van der Waals surface area contributed by atoms with Crippen LogP contribution in [0.4, 0.5) is 10.1 Å². The third-order valence-electron chi connectivity index (χ3n) is 2.95. The summed E-state index contributed by atoms with van der Waals surface area (Å²) in [6.45, 7) is 7.07. The summed E-state index contributed by atoms with van der Waals surface area (Å²) in [6.07, 6.45) is 0. The van der Waals surface area contributed by atoms with Crippen LogP contribution in [0.25, 0.3) is 0 Å². The van der Waals surface area contributed by atoms with Crippen molar-refractivity contribution in [1.82, 2.24) is 0 Å². The van der Waals surface area contributed by atoms with Crippen molar-refractivity contribution in [2.75, 3.05) is 5.32 Å². The van der Waals surface area contributed by atoms with Crippen molar-refractivity contribution in [1.29, 1.82) is 5.26 Å². The molecule has 0 aromatic heterocycles. The Hall–Kier alpha value is -1.93. The molecule has 1 aromatic carbocycles. The number of hydrogen-bond acceptors (Lipinski definition) is 3. The molecule has 0 saturated heterocycles. The van der Waals surface area contributed by atoms with Gasteiger partial charge in [-0.1, -0.05) is 20.8 Å². The second kappa shape index (κ2) is 5.37. The Labute approximate surface area is 112 Å². The molecule has 19 heavy (non-hydrogen) atoms. The van der Waals surface area contributed by atoms with Gasteiger partial charge in [-0.2, -0.15) is 5.26 Å². The van der Waals surface area contributed by atoms with Crippen molar-refractivity contribution in [2.45, 2.75) is 33.7 Å². The van der Waals surface area contributed by atoms with Gasteiger partial charge in [0.15, 0.2) is 0 Å². The molecule has 0 aliphatic carbocycles. The van der Waals surface area contributed by atoms with Crippen LogP contribution in [0.5, 0.6) is 0 Å². The van der Waals surface area contributed by atoms with Gasteiger partial charge < -0.3 is 11.1 Å². The number of hydrogen-bond donors (Lipinski definition) is 2. The van der Waals surface area contributed by atoms with Crippen LogP contribution in [-0.4, -0.2) is 11.9 Å². The van der Waals surface area contributed by atoms with Crippen LogP contribution in [-0.2, 0) is 4.79 Å². The van der Waals surface area contributed by atoms with Crippen LogP contribution in [0.1, 0.15) is 31.9 Å². The molecular formula is C14H18FN3O. The number of amides is 1. The summed E-state index contributed by atoms with van der Waals surface area (Å²) in [6, 6.07) is 3.69. The number of nitriles is 1. The molecule has 102 valence electrons. The minimum atomic E-state index is -0.722. The monoisotopic (exact) mass is 263 g/mol. The molecule has 0 unspecified atom stereocenters. The Kier molecular flexibility index (Phi) is 4.28. The largest absolute Gasteiger partial charge is 0.324 e. The van der Waals surface area contributed by atoms with E-state index in [-0.39, 0.29) is 16.8 Å². The topological polar surface area (TPSA) is 78.9 Å². The third-order valence-corrected chi connectivity index (χ3v) is 2.95. The van der Waals surface area contributed by atoms with Gasteiger partial charge in [0.05, 0.1) is 17.7 Å². The molecule has 0 heterocycles. The van der Waals surface area contributed by atoms with Crippen LogP contribution in [0.2, 0.25) is 0 Å². The van der Waals surface area contributed by atoms with Crippen LogP contribution >= 0.6 is 0 Å². The number of nitrogens with zero attached hydrogens (tertiary/aromatic N) is 1. The van der Waals surface area contributed by atoms with Gasteiger partial charge in [-0.3, -0.25) is 4.79 Å². The SMILES string of the molecule is Cc1c(F)cc(C#N)cc1NC(=O)[C@@H](N)C(C)(C)C. The maximum absolute atomic E-state index is 13.6. The molecule has 1 rings (SSSR count). The average molecular weight is 263 g/mol. The number of halogens is 1. The Bertz CT molecular complexity index is 541. The highest BCUT2D eigenvalue weighted by atomic mass is 19.1. The number of benzene rings is 1. The van der Waals surface area contributed by atoms with Gasteiger partial charge in [0, 0.05) is 11.3 Å². The first kappa shape index (κ1) is 15.1. The Morgan fingerprint density at radius 2 is 2.05 bits per heavy atom. The maximum Gasteiger partial charge on any atom is 0.241 e. The zero-order valence-corrected chi connectivity index (χ0v) is 11.5. The average Bonchev–Trinajstić information content (AvgIpc) is 2.32. The Morgan fingerprint density at radius 3 is 2.53 bits per heavy atom. The van der Waals surface area contributed by atoms with E-state index in [4.69, 9.17) is 11.0 Å². The van der Waals surface area contributed by atoms with Crippen molar-refractivity contribution >= 4 is 11.6 Å². The molecule has 0 bridgehead atoms. The standard InChI is InChI=1S/C14H18FN3O/c1-8-10(15)5-9(7-16)6-11(8)18-13(19)12(17)14(2,3)4/h5-6,12H,17H2,1-4H3,(H,18,19)/t12-/m1/s1. The number of carbonyl (C=O) groups is 1. The fraction of sp³-hybridized carbons (Fsp3) is 0.429. The summed E-state index contributed by atoms with van der Waals surface area (Å²) in [4.78, 5) is 12.0. The lowest BCUT2D eigenvalue weighted by atomic mass is 9.87. The molecule has 0 fully saturated rings. The molecular weight excluding hydrogens is 245 g/mol. The van der Waals surface area contributed by atoms with E-state index in [0.29, 0.717) is 0 Å². The van der Waals surface area contributed by atoms with Crippen molar-refractivity contribution in [3.05, 3.63) is 29.1 Å². The van der Waals surface area contributed by atoms with Crippen LogP contribution in [0, 0.1) is 29.5 Å². The molecule has 1 aromatic rings. The highest BCUT2D eigenvalue weighted by Crippen LogP contribution is 2.23. The van der Waals surface area contributed by atoms with Crippen molar-refractivity contribution < 1.29 is 9.18 Å². The normalized spacial score (nSPS) is 12.7. The number of carbonyl (C=O) groups excluding carboxylic acids is 1. The summed E-state index contributed by atoms with van der Waals surface area (Å²) >= 11 is 0. The minimum Gasteiger partial charge on any atom is -0.324 e. The van der Waals surface area contributed by atoms with E-state index in [0.717, 1.165) is 6.07 Å². The van der Waals surface area contributed by atoms with Crippen LogP contribution in [0.15, 0.2) is 12.1 Å². The second-order valence-corrected chi connectivity index (χ2v) is 5.58. The van der Waals surface area contributed by atoms with Crippen molar-refractivity contribution in [3.8, 4) is 6.07 Å². The molecule has 1 atom stereocenters. The molecule has 0 spiro atoms. The lowest BCUT2D eigenvalue weighted by molar-refractivity contribution is -0.119. The number of anilines is 1. The van der Waals surface area contributed by atoms with E-state index in [1.54, 1.807) is 0 Å². The fourth-order valence-electron chi connectivity index (χ4n) is 1.48. The second-order valence-electron chi connectivity index (χ2n) is 5.58. The van der Waals surface area contributed by atoms with Gasteiger partial charge in [-0.05, 0) is 24.5 Å². The van der Waals surface area contributed by atoms with Gasteiger partial charge in [0.25, 0.3) is 0 Å². The van der Waals surface area contributed by atoms with E-state index < -0.39 is 23.2 Å².